The Balaban J connectivity index is 1.97. The van der Waals surface area contributed by atoms with Gasteiger partial charge in [0.05, 0.1) is 6.61 Å². The summed E-state index contributed by atoms with van der Waals surface area (Å²) in [5, 5.41) is 5.93. The van der Waals surface area contributed by atoms with Crippen LogP contribution in [0.2, 0.25) is 0 Å². The maximum Gasteiger partial charge on any atom is 0.242 e. The number of aromatic nitrogens is 2. The predicted molar refractivity (Wildman–Crippen MR) is 67.5 cm³/mol. The van der Waals surface area contributed by atoms with E-state index in [2.05, 4.69) is 20.6 Å². The van der Waals surface area contributed by atoms with E-state index in [0.29, 0.717) is 18.3 Å². The highest BCUT2D eigenvalue weighted by molar-refractivity contribution is 5.84. The number of nitrogens with zero attached hydrogens (tertiary/aromatic N) is 2. The lowest BCUT2D eigenvalue weighted by molar-refractivity contribution is -0.123. The molecule has 1 aromatic rings. The molecule has 6 nitrogen and oxygen atoms in total. The van der Waals surface area contributed by atoms with Crippen LogP contribution < -0.4 is 15.4 Å². The average molecular weight is 250 g/mol. The van der Waals surface area contributed by atoms with Crippen molar-refractivity contribution in [2.24, 2.45) is 0 Å². The molecule has 1 amide bonds. The highest BCUT2D eigenvalue weighted by atomic mass is 16.5. The van der Waals surface area contributed by atoms with Gasteiger partial charge in [-0.3, -0.25) is 4.79 Å². The molecule has 2 heterocycles. The fourth-order valence-corrected chi connectivity index (χ4v) is 1.79. The topological polar surface area (TPSA) is 76.1 Å². The summed E-state index contributed by atoms with van der Waals surface area (Å²) in [6.45, 7) is 3.42. The minimum atomic E-state index is -0.215. The molecule has 0 aliphatic carbocycles. The van der Waals surface area contributed by atoms with Crippen LogP contribution in [0.5, 0.6) is 5.88 Å². The molecular weight excluding hydrogens is 232 g/mol. The van der Waals surface area contributed by atoms with E-state index in [1.54, 1.807) is 6.07 Å². The summed E-state index contributed by atoms with van der Waals surface area (Å²) in [6.07, 6.45) is 4.17. The fraction of sp³-hybridized carbons (Fsp3) is 0.583. The first-order valence-corrected chi connectivity index (χ1v) is 6.28. The van der Waals surface area contributed by atoms with Gasteiger partial charge in [-0.2, -0.15) is 0 Å². The van der Waals surface area contributed by atoms with Crippen LogP contribution in [0.4, 0.5) is 5.82 Å². The zero-order valence-corrected chi connectivity index (χ0v) is 10.5. The summed E-state index contributed by atoms with van der Waals surface area (Å²) < 4.78 is 5.42. The van der Waals surface area contributed by atoms with Gasteiger partial charge in [0.25, 0.3) is 0 Å². The second-order valence-corrected chi connectivity index (χ2v) is 4.22. The Hall–Kier alpha value is -1.85. The van der Waals surface area contributed by atoms with E-state index in [-0.39, 0.29) is 11.9 Å². The third kappa shape index (κ3) is 3.32. The summed E-state index contributed by atoms with van der Waals surface area (Å²) in [5.74, 6) is 1.18. The summed E-state index contributed by atoms with van der Waals surface area (Å²) in [7, 11) is 0. The molecule has 0 saturated carbocycles. The minimum Gasteiger partial charge on any atom is -0.478 e. The second-order valence-electron chi connectivity index (χ2n) is 4.22. The first kappa shape index (κ1) is 12.6. The van der Waals surface area contributed by atoms with E-state index in [1.165, 1.54) is 6.33 Å². The molecule has 2 N–H and O–H groups in total. The van der Waals surface area contributed by atoms with Crippen LogP contribution in [-0.4, -0.2) is 35.1 Å². The minimum absolute atomic E-state index is 0.0240. The number of hydrogen-bond donors (Lipinski definition) is 2. The van der Waals surface area contributed by atoms with E-state index >= 15 is 0 Å². The number of piperidine rings is 1. The van der Waals surface area contributed by atoms with Crippen molar-refractivity contribution in [3.8, 4) is 5.88 Å². The number of amides is 1. The van der Waals surface area contributed by atoms with E-state index in [4.69, 9.17) is 4.74 Å². The summed E-state index contributed by atoms with van der Waals surface area (Å²) in [6, 6.07) is 1.50. The summed E-state index contributed by atoms with van der Waals surface area (Å²) in [4.78, 5) is 19.7. The van der Waals surface area contributed by atoms with Crippen LogP contribution in [0.1, 0.15) is 26.2 Å². The first-order chi connectivity index (χ1) is 8.79. The van der Waals surface area contributed by atoms with Crippen LogP contribution in [-0.2, 0) is 4.79 Å². The van der Waals surface area contributed by atoms with Crippen molar-refractivity contribution in [3.63, 3.8) is 0 Å². The SMILES string of the molecule is CCCOc1cc(NC2CCCNC2=O)ncn1. The van der Waals surface area contributed by atoms with Crippen molar-refractivity contribution in [2.75, 3.05) is 18.5 Å². The zero-order valence-electron chi connectivity index (χ0n) is 10.5. The van der Waals surface area contributed by atoms with Crippen molar-refractivity contribution >= 4 is 11.7 Å². The van der Waals surface area contributed by atoms with E-state index in [1.807, 2.05) is 6.92 Å². The third-order valence-electron chi connectivity index (χ3n) is 2.70. The summed E-state index contributed by atoms with van der Waals surface area (Å²) >= 11 is 0. The van der Waals surface area contributed by atoms with E-state index < -0.39 is 0 Å². The number of carbonyl (C=O) groups is 1. The van der Waals surface area contributed by atoms with Crippen molar-refractivity contribution in [2.45, 2.75) is 32.2 Å². The number of anilines is 1. The van der Waals surface area contributed by atoms with Crippen LogP contribution in [0.15, 0.2) is 12.4 Å². The lowest BCUT2D eigenvalue weighted by atomic mass is 10.1. The van der Waals surface area contributed by atoms with Crippen molar-refractivity contribution in [1.82, 2.24) is 15.3 Å². The van der Waals surface area contributed by atoms with Gasteiger partial charge in [0.15, 0.2) is 0 Å². The number of carbonyl (C=O) groups excluding carboxylic acids is 1. The van der Waals surface area contributed by atoms with Crippen LogP contribution >= 0.6 is 0 Å². The average Bonchev–Trinajstić information content (AvgIpc) is 2.40. The maximum absolute atomic E-state index is 11.6. The number of nitrogens with one attached hydrogen (secondary N) is 2. The fourth-order valence-electron chi connectivity index (χ4n) is 1.79. The van der Waals surface area contributed by atoms with Gasteiger partial charge in [-0.25, -0.2) is 9.97 Å². The Bertz CT molecular complexity index is 411. The van der Waals surface area contributed by atoms with Crippen LogP contribution in [0.3, 0.4) is 0 Å². The number of rotatable bonds is 5. The van der Waals surface area contributed by atoms with Gasteiger partial charge in [-0.05, 0) is 19.3 Å². The predicted octanol–water partition coefficient (Wildman–Crippen LogP) is 0.956. The molecule has 1 fully saturated rings. The molecule has 1 aliphatic rings. The molecule has 1 saturated heterocycles. The smallest absolute Gasteiger partial charge is 0.242 e. The molecule has 6 heteroatoms. The molecule has 0 aromatic carbocycles. The zero-order chi connectivity index (χ0) is 12.8. The molecule has 1 aliphatic heterocycles. The lowest BCUT2D eigenvalue weighted by Gasteiger charge is -2.23. The number of hydrogen-bond acceptors (Lipinski definition) is 5. The Morgan fingerprint density at radius 3 is 3.22 bits per heavy atom. The van der Waals surface area contributed by atoms with Crippen LogP contribution in [0, 0.1) is 0 Å². The highest BCUT2D eigenvalue weighted by Crippen LogP contribution is 2.14. The van der Waals surface area contributed by atoms with Crippen molar-refractivity contribution < 1.29 is 9.53 Å². The standard InChI is InChI=1S/C12H18N4O2/c1-2-6-18-11-7-10(14-8-15-11)16-9-4-3-5-13-12(9)17/h7-9H,2-6H2,1H3,(H,13,17)(H,14,15,16). The van der Waals surface area contributed by atoms with Gasteiger partial charge >= 0.3 is 0 Å². The molecule has 2 rings (SSSR count). The summed E-state index contributed by atoms with van der Waals surface area (Å²) in [5.41, 5.74) is 0. The van der Waals surface area contributed by atoms with Crippen LogP contribution in [0.25, 0.3) is 0 Å². The molecule has 0 spiro atoms. The monoisotopic (exact) mass is 250 g/mol. The Morgan fingerprint density at radius 2 is 2.44 bits per heavy atom. The Labute approximate surface area is 106 Å². The maximum atomic E-state index is 11.6. The lowest BCUT2D eigenvalue weighted by Crippen LogP contribution is -2.44. The molecule has 1 aromatic heterocycles. The quantitative estimate of drug-likeness (QED) is 0.814. The first-order valence-electron chi connectivity index (χ1n) is 6.28. The molecule has 1 unspecified atom stereocenters. The second kappa shape index (κ2) is 6.18. The van der Waals surface area contributed by atoms with Gasteiger partial charge in [0, 0.05) is 12.6 Å². The van der Waals surface area contributed by atoms with E-state index in [0.717, 1.165) is 25.8 Å². The third-order valence-corrected chi connectivity index (χ3v) is 2.70. The van der Waals surface area contributed by atoms with Crippen molar-refractivity contribution in [1.29, 1.82) is 0 Å². The highest BCUT2D eigenvalue weighted by Gasteiger charge is 2.21. The molecule has 0 bridgehead atoms. The molecule has 18 heavy (non-hydrogen) atoms. The Morgan fingerprint density at radius 1 is 1.56 bits per heavy atom. The van der Waals surface area contributed by atoms with Gasteiger partial charge in [-0.15, -0.1) is 0 Å². The van der Waals surface area contributed by atoms with E-state index in [9.17, 15) is 4.79 Å². The molecular formula is C12H18N4O2. The number of ether oxygens (including phenoxy) is 1. The van der Waals surface area contributed by atoms with Gasteiger partial charge in [-0.1, -0.05) is 6.92 Å². The van der Waals surface area contributed by atoms with Gasteiger partial charge in [0.1, 0.15) is 18.2 Å². The molecule has 0 radical (unpaired) electrons. The molecule has 1 atom stereocenters. The van der Waals surface area contributed by atoms with Gasteiger partial charge in [0.2, 0.25) is 11.8 Å². The van der Waals surface area contributed by atoms with Gasteiger partial charge < -0.3 is 15.4 Å². The normalized spacial score (nSPS) is 19.2. The Kier molecular flexibility index (Phi) is 4.33. The largest absolute Gasteiger partial charge is 0.478 e. The molecule has 98 valence electrons. The van der Waals surface area contributed by atoms with Crippen molar-refractivity contribution in [3.05, 3.63) is 12.4 Å².